The number of carbonyl (C=O) groups is 3. The first-order valence-corrected chi connectivity index (χ1v) is 11.2. The minimum Gasteiger partial charge on any atom is -0.378 e. The Kier molecular flexibility index (Phi) is 6.22. The summed E-state index contributed by atoms with van der Waals surface area (Å²) in [5.74, 6) is -0.373. The molecule has 0 saturated carbocycles. The van der Waals surface area contributed by atoms with E-state index in [1.54, 1.807) is 11.0 Å². The van der Waals surface area contributed by atoms with Crippen molar-refractivity contribution in [2.24, 2.45) is 0 Å². The number of thiophene rings is 1. The lowest BCUT2D eigenvalue weighted by Gasteiger charge is -2.29. The Morgan fingerprint density at radius 2 is 2.00 bits per heavy atom. The van der Waals surface area contributed by atoms with Gasteiger partial charge in [0, 0.05) is 36.6 Å². The lowest BCUT2D eigenvalue weighted by Crippen LogP contribution is -2.55. The Bertz CT molecular complexity index is 1010. The molecule has 1 aromatic heterocycles. The molecule has 2 aliphatic heterocycles. The monoisotopic (exact) mass is 442 g/mol. The predicted molar refractivity (Wildman–Crippen MR) is 118 cm³/mol. The summed E-state index contributed by atoms with van der Waals surface area (Å²) in [5.41, 5.74) is 1.60. The van der Waals surface area contributed by atoms with Crippen molar-refractivity contribution in [3.8, 4) is 0 Å². The van der Waals surface area contributed by atoms with Gasteiger partial charge in [-0.1, -0.05) is 12.1 Å². The van der Waals surface area contributed by atoms with Crippen LogP contribution < -0.4 is 10.2 Å². The first-order chi connectivity index (χ1) is 14.9. The summed E-state index contributed by atoms with van der Waals surface area (Å²) in [6.45, 7) is 5.61. The Morgan fingerprint density at radius 1 is 1.16 bits per heavy atom. The topological polar surface area (TPSA) is 84.9 Å². The molecule has 2 saturated heterocycles. The number of amides is 2. The number of rotatable bonds is 6. The number of aryl methyl sites for hydroxylation is 2. The Labute approximate surface area is 185 Å². The number of ether oxygens (including phenoxy) is 2. The van der Waals surface area contributed by atoms with Gasteiger partial charge in [-0.3, -0.25) is 14.4 Å². The third-order valence-electron chi connectivity index (χ3n) is 5.77. The van der Waals surface area contributed by atoms with E-state index in [4.69, 9.17) is 9.47 Å². The molecule has 0 aliphatic carbocycles. The quantitative estimate of drug-likeness (QED) is 0.743. The summed E-state index contributed by atoms with van der Waals surface area (Å²) in [4.78, 5) is 41.5. The standard InChI is InChI=1S/C23H26N2O5S/c1-15-11-17(4-5-18(15)25-8-10-29-13-21(25)27)12-20(26)23(7-9-30-14-23)24-22(28)19-6-3-16(2)31-19/h3-6,11H,7-10,12-14H2,1-2H3,(H,24,28)/t23-/m0/s1. The van der Waals surface area contributed by atoms with Crippen molar-refractivity contribution < 1.29 is 23.9 Å². The first kappa shape index (κ1) is 21.7. The van der Waals surface area contributed by atoms with E-state index in [2.05, 4.69) is 5.32 Å². The van der Waals surface area contributed by atoms with Crippen LogP contribution in [0.5, 0.6) is 0 Å². The summed E-state index contributed by atoms with van der Waals surface area (Å²) < 4.78 is 10.7. The minimum absolute atomic E-state index is 0.0632. The fourth-order valence-corrected chi connectivity index (χ4v) is 4.81. The van der Waals surface area contributed by atoms with Gasteiger partial charge in [0.25, 0.3) is 11.8 Å². The Morgan fingerprint density at radius 3 is 2.65 bits per heavy atom. The lowest BCUT2D eigenvalue weighted by atomic mass is 9.88. The van der Waals surface area contributed by atoms with E-state index in [1.807, 2.05) is 38.1 Å². The highest BCUT2D eigenvalue weighted by Crippen LogP contribution is 2.27. The van der Waals surface area contributed by atoms with Crippen molar-refractivity contribution in [2.45, 2.75) is 32.2 Å². The first-order valence-electron chi connectivity index (χ1n) is 10.4. The van der Waals surface area contributed by atoms with E-state index < -0.39 is 5.54 Å². The molecular formula is C23H26N2O5S. The molecule has 2 amide bonds. The van der Waals surface area contributed by atoms with Crippen molar-refractivity contribution in [1.82, 2.24) is 5.32 Å². The van der Waals surface area contributed by atoms with Gasteiger partial charge in [0.1, 0.15) is 12.1 Å². The fourth-order valence-electron chi connectivity index (χ4n) is 4.05. The maximum atomic E-state index is 13.3. The van der Waals surface area contributed by atoms with Crippen molar-refractivity contribution in [3.05, 3.63) is 51.2 Å². The van der Waals surface area contributed by atoms with E-state index in [1.165, 1.54) is 11.3 Å². The summed E-state index contributed by atoms with van der Waals surface area (Å²) in [6, 6.07) is 9.36. The highest BCUT2D eigenvalue weighted by atomic mass is 32.1. The van der Waals surface area contributed by atoms with Crippen LogP contribution in [0.25, 0.3) is 0 Å². The van der Waals surface area contributed by atoms with Gasteiger partial charge in [-0.15, -0.1) is 11.3 Å². The SMILES string of the molecule is Cc1ccc(C(=O)N[C@@]2(C(=O)Cc3ccc(N4CCOCC4=O)c(C)c3)CCOC2)s1. The molecule has 4 rings (SSSR count). The van der Waals surface area contributed by atoms with Crippen LogP contribution in [0.2, 0.25) is 0 Å². The second kappa shape index (κ2) is 8.90. The lowest BCUT2D eigenvalue weighted by molar-refractivity contribution is -0.126. The van der Waals surface area contributed by atoms with Crippen molar-refractivity contribution >= 4 is 34.6 Å². The normalized spacial score (nSPS) is 21.4. The molecule has 1 N–H and O–H groups in total. The predicted octanol–water partition coefficient (Wildman–Crippen LogP) is 2.43. The number of nitrogens with zero attached hydrogens (tertiary/aromatic N) is 1. The van der Waals surface area contributed by atoms with Crippen LogP contribution in [0.15, 0.2) is 30.3 Å². The zero-order chi connectivity index (χ0) is 22.0. The molecule has 0 radical (unpaired) electrons. The Hall–Kier alpha value is -2.55. The summed E-state index contributed by atoms with van der Waals surface area (Å²) in [7, 11) is 0. The zero-order valence-corrected chi connectivity index (χ0v) is 18.5. The number of anilines is 1. The molecule has 3 heterocycles. The van der Waals surface area contributed by atoms with Crippen molar-refractivity contribution in [3.63, 3.8) is 0 Å². The van der Waals surface area contributed by atoms with Crippen LogP contribution >= 0.6 is 11.3 Å². The molecule has 0 bridgehead atoms. The second-order valence-corrected chi connectivity index (χ2v) is 9.36. The number of morpholine rings is 1. The largest absolute Gasteiger partial charge is 0.378 e. The maximum absolute atomic E-state index is 13.3. The highest BCUT2D eigenvalue weighted by Gasteiger charge is 2.43. The van der Waals surface area contributed by atoms with Gasteiger partial charge in [-0.25, -0.2) is 0 Å². The van der Waals surface area contributed by atoms with Gasteiger partial charge >= 0.3 is 0 Å². The summed E-state index contributed by atoms with van der Waals surface area (Å²) in [6.07, 6.45) is 0.645. The zero-order valence-electron chi connectivity index (χ0n) is 17.7. The van der Waals surface area contributed by atoms with E-state index in [-0.39, 0.29) is 37.2 Å². The van der Waals surface area contributed by atoms with Crippen molar-refractivity contribution in [2.75, 3.05) is 37.9 Å². The number of carbonyl (C=O) groups excluding carboxylic acids is 3. The molecule has 0 spiro atoms. The van der Waals surface area contributed by atoms with Gasteiger partial charge < -0.3 is 19.7 Å². The fraction of sp³-hybridized carbons (Fsp3) is 0.435. The van der Waals surface area contributed by atoms with Gasteiger partial charge in [0.2, 0.25) is 0 Å². The van der Waals surface area contributed by atoms with E-state index in [0.29, 0.717) is 31.1 Å². The van der Waals surface area contributed by atoms with E-state index >= 15 is 0 Å². The average Bonchev–Trinajstić information content (AvgIpc) is 3.39. The minimum atomic E-state index is -1.01. The second-order valence-electron chi connectivity index (χ2n) is 8.07. The van der Waals surface area contributed by atoms with Gasteiger partial charge in [-0.05, 0) is 43.2 Å². The van der Waals surface area contributed by atoms with Crippen LogP contribution in [0.4, 0.5) is 5.69 Å². The Balaban J connectivity index is 1.49. The van der Waals surface area contributed by atoms with Gasteiger partial charge in [0.05, 0.1) is 18.1 Å². The molecule has 2 aliphatic rings. The highest BCUT2D eigenvalue weighted by molar-refractivity contribution is 7.13. The third kappa shape index (κ3) is 4.56. The maximum Gasteiger partial charge on any atom is 0.262 e. The molecule has 0 unspecified atom stereocenters. The molecule has 1 atom stereocenters. The molecule has 164 valence electrons. The van der Waals surface area contributed by atoms with Gasteiger partial charge in [0.15, 0.2) is 5.78 Å². The molecule has 2 aromatic rings. The smallest absolute Gasteiger partial charge is 0.262 e. The summed E-state index contributed by atoms with van der Waals surface area (Å²) in [5, 5.41) is 2.96. The van der Waals surface area contributed by atoms with Crippen LogP contribution in [-0.2, 0) is 25.5 Å². The van der Waals surface area contributed by atoms with Crippen molar-refractivity contribution in [1.29, 1.82) is 0 Å². The number of Topliss-reactive ketones (excluding diaryl/α,β-unsaturated/α-hetero) is 1. The van der Waals surface area contributed by atoms with Crippen LogP contribution in [-0.4, -0.2) is 56.1 Å². The summed E-state index contributed by atoms with van der Waals surface area (Å²) >= 11 is 1.41. The molecule has 31 heavy (non-hydrogen) atoms. The molecule has 1 aromatic carbocycles. The number of hydrogen-bond acceptors (Lipinski definition) is 6. The molecule has 8 heteroatoms. The van der Waals surface area contributed by atoms with Crippen LogP contribution in [0.1, 0.15) is 32.1 Å². The number of nitrogens with one attached hydrogen (secondary N) is 1. The van der Waals surface area contributed by atoms with Crippen LogP contribution in [0.3, 0.4) is 0 Å². The number of hydrogen-bond donors (Lipinski definition) is 1. The molecular weight excluding hydrogens is 416 g/mol. The van der Waals surface area contributed by atoms with Crippen LogP contribution in [0, 0.1) is 13.8 Å². The number of benzene rings is 1. The third-order valence-corrected chi connectivity index (χ3v) is 6.77. The number of ketones is 1. The van der Waals surface area contributed by atoms with E-state index in [9.17, 15) is 14.4 Å². The average molecular weight is 443 g/mol. The van der Waals surface area contributed by atoms with Gasteiger partial charge in [-0.2, -0.15) is 0 Å². The molecule has 2 fully saturated rings. The van der Waals surface area contributed by atoms with E-state index in [0.717, 1.165) is 21.7 Å². The molecule has 7 nitrogen and oxygen atoms in total.